The topological polar surface area (TPSA) is 80.7 Å². The lowest BCUT2D eigenvalue weighted by Gasteiger charge is -2.10. The van der Waals surface area contributed by atoms with Gasteiger partial charge in [0, 0.05) is 5.56 Å². The van der Waals surface area contributed by atoms with Gasteiger partial charge in [0.15, 0.2) is 5.78 Å². The van der Waals surface area contributed by atoms with Crippen molar-refractivity contribution in [2.45, 2.75) is 19.2 Å². The van der Waals surface area contributed by atoms with Gasteiger partial charge in [-0.1, -0.05) is 0 Å². The first-order chi connectivity index (χ1) is 8.88. The van der Waals surface area contributed by atoms with Crippen LogP contribution >= 0.6 is 11.6 Å². The largest absolute Gasteiger partial charge is 0.478 e. The maximum absolute atomic E-state index is 11.9. The molecule has 1 rings (SSSR count). The number of carbonyl (C=O) groups is 3. The van der Waals surface area contributed by atoms with Gasteiger partial charge in [-0.2, -0.15) is 0 Å². The van der Waals surface area contributed by atoms with Crippen molar-refractivity contribution in [2.24, 2.45) is 0 Å². The summed E-state index contributed by atoms with van der Waals surface area (Å²) in [6.45, 7) is 3.22. The monoisotopic (exact) mass is 284 g/mol. The molecule has 0 aliphatic rings. The van der Waals surface area contributed by atoms with Gasteiger partial charge in [0.05, 0.1) is 23.1 Å². The molecule has 0 heterocycles. The number of carboxylic acids is 1. The average Bonchev–Trinajstić information content (AvgIpc) is 2.37. The van der Waals surface area contributed by atoms with Crippen LogP contribution < -0.4 is 0 Å². The molecule has 1 aromatic carbocycles. The summed E-state index contributed by atoms with van der Waals surface area (Å²) in [6.07, 6.45) is 0. The van der Waals surface area contributed by atoms with Crippen LogP contribution in [0.1, 0.15) is 44.9 Å². The van der Waals surface area contributed by atoms with Crippen molar-refractivity contribution in [3.8, 4) is 0 Å². The predicted octanol–water partition coefficient (Wildman–Crippen LogP) is 2.37. The fraction of sp³-hybridized carbons (Fsp3) is 0.308. The molecular weight excluding hydrogens is 272 g/mol. The molecule has 0 spiro atoms. The fourth-order valence-electron chi connectivity index (χ4n) is 1.48. The van der Waals surface area contributed by atoms with Gasteiger partial charge in [0.25, 0.3) is 0 Å². The van der Waals surface area contributed by atoms with E-state index in [-0.39, 0.29) is 23.3 Å². The van der Waals surface area contributed by atoms with E-state index < -0.39 is 23.1 Å². The number of halogens is 1. The van der Waals surface area contributed by atoms with Crippen LogP contribution in [0.25, 0.3) is 0 Å². The summed E-state index contributed by atoms with van der Waals surface area (Å²) in [6, 6.07) is 3.64. The molecule has 0 saturated heterocycles. The van der Waals surface area contributed by atoms with Crippen LogP contribution in [0.3, 0.4) is 0 Å². The van der Waals surface area contributed by atoms with Crippen LogP contribution in [0.2, 0.25) is 0 Å². The first kappa shape index (κ1) is 15.2. The van der Waals surface area contributed by atoms with E-state index in [0.29, 0.717) is 0 Å². The molecule has 5 nitrogen and oxygen atoms in total. The number of rotatable bonds is 5. The Morgan fingerprint density at radius 1 is 1.32 bits per heavy atom. The Bertz CT molecular complexity index is 522. The van der Waals surface area contributed by atoms with Gasteiger partial charge in [-0.3, -0.25) is 4.79 Å². The number of esters is 1. The molecule has 6 heteroatoms. The van der Waals surface area contributed by atoms with Gasteiger partial charge in [-0.05, 0) is 32.0 Å². The number of ketones is 1. The number of aromatic carboxylic acids is 1. The molecule has 1 atom stereocenters. The smallest absolute Gasteiger partial charge is 0.338 e. The fourth-order valence-corrected chi connectivity index (χ4v) is 1.60. The normalized spacial score (nSPS) is 11.7. The lowest BCUT2D eigenvalue weighted by molar-refractivity contribution is 0.0523. The average molecular weight is 285 g/mol. The van der Waals surface area contributed by atoms with Crippen LogP contribution in [0.5, 0.6) is 0 Å². The molecule has 0 amide bonds. The number of benzene rings is 1. The van der Waals surface area contributed by atoms with Gasteiger partial charge >= 0.3 is 11.9 Å². The molecule has 0 bridgehead atoms. The van der Waals surface area contributed by atoms with Crippen LogP contribution in [0.4, 0.5) is 0 Å². The van der Waals surface area contributed by atoms with E-state index in [4.69, 9.17) is 21.4 Å². The molecule has 0 fully saturated rings. The second kappa shape index (κ2) is 6.33. The first-order valence-corrected chi connectivity index (χ1v) is 6.04. The highest BCUT2D eigenvalue weighted by molar-refractivity contribution is 6.34. The SMILES string of the molecule is CCOC(=O)c1cc(C(=O)O)ccc1C(=O)C(C)Cl. The van der Waals surface area contributed by atoms with Gasteiger partial charge in [0.1, 0.15) is 0 Å². The number of ether oxygens (including phenoxy) is 1. The highest BCUT2D eigenvalue weighted by Crippen LogP contribution is 2.17. The van der Waals surface area contributed by atoms with Crippen LogP contribution in [0.15, 0.2) is 18.2 Å². The third-order valence-corrected chi connectivity index (χ3v) is 2.59. The molecule has 1 N–H and O–H groups in total. The molecule has 0 aliphatic carbocycles. The first-order valence-electron chi connectivity index (χ1n) is 5.61. The van der Waals surface area contributed by atoms with E-state index in [1.807, 2.05) is 0 Å². The van der Waals surface area contributed by atoms with E-state index in [2.05, 4.69) is 0 Å². The molecule has 0 aromatic heterocycles. The van der Waals surface area contributed by atoms with Crippen molar-refractivity contribution in [3.05, 3.63) is 34.9 Å². The van der Waals surface area contributed by atoms with E-state index in [9.17, 15) is 14.4 Å². The van der Waals surface area contributed by atoms with Gasteiger partial charge in [-0.15, -0.1) is 11.6 Å². The van der Waals surface area contributed by atoms with Crippen molar-refractivity contribution in [1.29, 1.82) is 0 Å². The molecule has 102 valence electrons. The van der Waals surface area contributed by atoms with Crippen molar-refractivity contribution < 1.29 is 24.2 Å². The number of alkyl halides is 1. The third kappa shape index (κ3) is 3.54. The standard InChI is InChI=1S/C13H13ClO5/c1-3-19-13(18)10-6-8(12(16)17)4-5-9(10)11(15)7(2)14/h4-7H,3H2,1-2H3,(H,16,17). The van der Waals surface area contributed by atoms with E-state index in [1.165, 1.54) is 19.1 Å². The Balaban J connectivity index is 3.34. The number of carboxylic acid groups (broad SMARTS) is 1. The molecular formula is C13H13ClO5. The molecule has 0 aliphatic heterocycles. The van der Waals surface area contributed by atoms with Crippen LogP contribution in [-0.4, -0.2) is 34.8 Å². The number of Topliss-reactive ketones (excluding diaryl/α,β-unsaturated/α-hetero) is 1. The molecule has 1 aromatic rings. The Hall–Kier alpha value is -1.88. The summed E-state index contributed by atoms with van der Waals surface area (Å²) in [4.78, 5) is 34.5. The Morgan fingerprint density at radius 3 is 2.42 bits per heavy atom. The third-order valence-electron chi connectivity index (χ3n) is 2.39. The van der Waals surface area contributed by atoms with Crippen LogP contribution in [0, 0.1) is 0 Å². The lowest BCUT2D eigenvalue weighted by Crippen LogP contribution is -2.18. The Kier molecular flexibility index (Phi) is 5.06. The molecule has 1 unspecified atom stereocenters. The van der Waals surface area contributed by atoms with Crippen molar-refractivity contribution in [3.63, 3.8) is 0 Å². The zero-order valence-electron chi connectivity index (χ0n) is 10.5. The highest BCUT2D eigenvalue weighted by Gasteiger charge is 2.22. The summed E-state index contributed by atoms with van der Waals surface area (Å²) in [5, 5.41) is 8.08. The van der Waals surface area contributed by atoms with Gasteiger partial charge in [-0.25, -0.2) is 9.59 Å². The zero-order chi connectivity index (χ0) is 14.6. The summed E-state index contributed by atoms with van der Waals surface area (Å²) in [7, 11) is 0. The number of hydrogen-bond acceptors (Lipinski definition) is 4. The minimum absolute atomic E-state index is 0.0611. The van der Waals surface area contributed by atoms with Crippen LogP contribution in [-0.2, 0) is 4.74 Å². The molecule has 0 saturated carbocycles. The number of hydrogen-bond donors (Lipinski definition) is 1. The van der Waals surface area contributed by atoms with Crippen molar-refractivity contribution in [2.75, 3.05) is 6.61 Å². The van der Waals surface area contributed by atoms with E-state index in [0.717, 1.165) is 6.07 Å². The predicted molar refractivity (Wildman–Crippen MR) is 69.0 cm³/mol. The highest BCUT2D eigenvalue weighted by atomic mass is 35.5. The van der Waals surface area contributed by atoms with Gasteiger partial charge in [0.2, 0.25) is 0 Å². The zero-order valence-corrected chi connectivity index (χ0v) is 11.2. The number of carbonyl (C=O) groups excluding carboxylic acids is 2. The van der Waals surface area contributed by atoms with Gasteiger partial charge < -0.3 is 9.84 Å². The van der Waals surface area contributed by atoms with Crippen molar-refractivity contribution in [1.82, 2.24) is 0 Å². The second-order valence-electron chi connectivity index (χ2n) is 3.77. The summed E-state index contributed by atoms with van der Waals surface area (Å²) >= 11 is 5.70. The molecule has 0 radical (unpaired) electrons. The Morgan fingerprint density at radius 2 is 1.95 bits per heavy atom. The minimum Gasteiger partial charge on any atom is -0.478 e. The quantitative estimate of drug-likeness (QED) is 0.510. The van der Waals surface area contributed by atoms with Crippen molar-refractivity contribution >= 4 is 29.3 Å². The van der Waals surface area contributed by atoms with E-state index in [1.54, 1.807) is 6.92 Å². The second-order valence-corrected chi connectivity index (χ2v) is 4.42. The summed E-state index contributed by atoms with van der Waals surface area (Å²) in [5.74, 6) is -2.39. The maximum atomic E-state index is 11.9. The Labute approximate surface area is 115 Å². The van der Waals surface area contributed by atoms with E-state index >= 15 is 0 Å². The summed E-state index contributed by atoms with van der Waals surface area (Å²) in [5.41, 5.74) is -0.118. The molecule has 19 heavy (non-hydrogen) atoms. The maximum Gasteiger partial charge on any atom is 0.338 e. The lowest BCUT2D eigenvalue weighted by atomic mass is 9.99. The minimum atomic E-state index is -1.19. The summed E-state index contributed by atoms with van der Waals surface area (Å²) < 4.78 is 4.81.